The van der Waals surface area contributed by atoms with Gasteiger partial charge in [0, 0.05) is 0 Å². The number of nitrogens with zero attached hydrogens (tertiary/aromatic N) is 1. The Kier molecular flexibility index (Phi) is 3.48. The lowest BCUT2D eigenvalue weighted by atomic mass is 10.2. The van der Waals surface area contributed by atoms with Crippen molar-refractivity contribution >= 4 is 5.97 Å². The van der Waals surface area contributed by atoms with E-state index < -0.39 is 11.9 Å². The van der Waals surface area contributed by atoms with Gasteiger partial charge in [0.15, 0.2) is 0 Å². The van der Waals surface area contributed by atoms with Crippen molar-refractivity contribution in [2.75, 3.05) is 0 Å². The zero-order chi connectivity index (χ0) is 8.15. The van der Waals surface area contributed by atoms with Crippen molar-refractivity contribution in [3.8, 4) is 6.07 Å². The lowest BCUT2D eigenvalue weighted by molar-refractivity contribution is -0.149. The van der Waals surface area contributed by atoms with Crippen molar-refractivity contribution in [1.29, 1.82) is 5.26 Å². The van der Waals surface area contributed by atoms with Gasteiger partial charge in [0.05, 0.1) is 12.2 Å². The van der Waals surface area contributed by atoms with Gasteiger partial charge in [0.25, 0.3) is 0 Å². The summed E-state index contributed by atoms with van der Waals surface area (Å²) in [6, 6.07) is 1.80. The van der Waals surface area contributed by atoms with E-state index in [-0.39, 0.29) is 6.10 Å². The van der Waals surface area contributed by atoms with Gasteiger partial charge in [-0.1, -0.05) is 0 Å². The molecular formula is C7H11NO2. The molecule has 0 fully saturated rings. The van der Waals surface area contributed by atoms with Crippen LogP contribution in [0.5, 0.6) is 0 Å². The highest BCUT2D eigenvalue weighted by Crippen LogP contribution is 1.98. The molecule has 10 heavy (non-hydrogen) atoms. The van der Waals surface area contributed by atoms with Crippen molar-refractivity contribution in [1.82, 2.24) is 0 Å². The molecule has 0 saturated heterocycles. The summed E-state index contributed by atoms with van der Waals surface area (Å²) in [7, 11) is 0. The molecule has 0 amide bonds. The van der Waals surface area contributed by atoms with Gasteiger partial charge in [0.2, 0.25) is 0 Å². The molecule has 0 heterocycles. The molecule has 0 aliphatic rings. The van der Waals surface area contributed by atoms with Crippen molar-refractivity contribution < 1.29 is 9.53 Å². The number of hydrogen-bond acceptors (Lipinski definition) is 3. The Morgan fingerprint density at radius 2 is 2.00 bits per heavy atom. The van der Waals surface area contributed by atoms with E-state index in [0.29, 0.717) is 0 Å². The number of ether oxygens (including phenoxy) is 1. The molecule has 0 bridgehead atoms. The largest absolute Gasteiger partial charge is 0.462 e. The van der Waals surface area contributed by atoms with Gasteiger partial charge in [0.1, 0.15) is 5.92 Å². The van der Waals surface area contributed by atoms with E-state index in [9.17, 15) is 4.79 Å². The zero-order valence-electron chi connectivity index (χ0n) is 6.42. The molecule has 1 unspecified atom stereocenters. The molecule has 0 aromatic heterocycles. The second kappa shape index (κ2) is 3.89. The van der Waals surface area contributed by atoms with Gasteiger partial charge in [-0.05, 0) is 20.8 Å². The van der Waals surface area contributed by atoms with Crippen LogP contribution in [0.1, 0.15) is 20.8 Å². The van der Waals surface area contributed by atoms with Gasteiger partial charge in [-0.25, -0.2) is 0 Å². The first-order chi connectivity index (χ1) is 4.57. The molecular weight excluding hydrogens is 130 g/mol. The third kappa shape index (κ3) is 3.08. The standard InChI is InChI=1S/C7H11NO2/c1-5(2)10-7(9)6(3)4-8/h5-6H,1-3H3. The zero-order valence-corrected chi connectivity index (χ0v) is 6.42. The Bertz CT molecular complexity index is 157. The highest BCUT2D eigenvalue weighted by molar-refractivity contribution is 5.74. The van der Waals surface area contributed by atoms with Crippen molar-refractivity contribution in [2.45, 2.75) is 26.9 Å². The lowest BCUT2D eigenvalue weighted by Gasteiger charge is -2.07. The van der Waals surface area contributed by atoms with E-state index in [2.05, 4.69) is 0 Å². The topological polar surface area (TPSA) is 50.1 Å². The van der Waals surface area contributed by atoms with Crippen LogP contribution >= 0.6 is 0 Å². The second-order valence-electron chi connectivity index (χ2n) is 2.34. The van der Waals surface area contributed by atoms with Crippen LogP contribution in [0.4, 0.5) is 0 Å². The van der Waals surface area contributed by atoms with E-state index in [1.165, 1.54) is 6.92 Å². The predicted octanol–water partition coefficient (Wildman–Crippen LogP) is 1.10. The quantitative estimate of drug-likeness (QED) is 0.541. The monoisotopic (exact) mass is 141 g/mol. The fourth-order valence-corrected chi connectivity index (χ4v) is 0.387. The third-order valence-corrected chi connectivity index (χ3v) is 0.899. The number of esters is 1. The van der Waals surface area contributed by atoms with E-state index in [1.807, 2.05) is 0 Å². The molecule has 3 heteroatoms. The third-order valence-electron chi connectivity index (χ3n) is 0.899. The molecule has 0 rings (SSSR count). The predicted molar refractivity (Wildman–Crippen MR) is 36.0 cm³/mol. The summed E-state index contributed by atoms with van der Waals surface area (Å²) in [5.74, 6) is -1.10. The molecule has 0 aliphatic carbocycles. The summed E-state index contributed by atoms with van der Waals surface area (Å²) < 4.78 is 4.74. The number of nitriles is 1. The maximum Gasteiger partial charge on any atom is 0.323 e. The smallest absolute Gasteiger partial charge is 0.323 e. The summed E-state index contributed by atoms with van der Waals surface area (Å²) in [5, 5.41) is 8.27. The van der Waals surface area contributed by atoms with Crippen LogP contribution in [-0.4, -0.2) is 12.1 Å². The van der Waals surface area contributed by atoms with E-state index in [1.54, 1.807) is 19.9 Å². The van der Waals surface area contributed by atoms with Crippen LogP contribution in [0.3, 0.4) is 0 Å². The molecule has 0 N–H and O–H groups in total. The Morgan fingerprint density at radius 1 is 1.50 bits per heavy atom. The van der Waals surface area contributed by atoms with Gasteiger partial charge in [-0.2, -0.15) is 5.26 Å². The summed E-state index contributed by atoms with van der Waals surface area (Å²) >= 11 is 0. The minimum atomic E-state index is -0.651. The molecule has 1 atom stereocenters. The minimum absolute atomic E-state index is 0.136. The van der Waals surface area contributed by atoms with Crippen LogP contribution in [0.2, 0.25) is 0 Å². The van der Waals surface area contributed by atoms with Crippen molar-refractivity contribution in [2.24, 2.45) is 5.92 Å². The molecule has 3 nitrogen and oxygen atoms in total. The number of carbonyl (C=O) groups excluding carboxylic acids is 1. The van der Waals surface area contributed by atoms with E-state index in [4.69, 9.17) is 10.00 Å². The SMILES string of the molecule is CC(C)OC(=O)C(C)C#N. The van der Waals surface area contributed by atoms with Crippen molar-refractivity contribution in [3.63, 3.8) is 0 Å². The fourth-order valence-electron chi connectivity index (χ4n) is 0.387. The van der Waals surface area contributed by atoms with Gasteiger partial charge < -0.3 is 4.74 Å². The van der Waals surface area contributed by atoms with Gasteiger partial charge in [-0.3, -0.25) is 4.79 Å². The Balaban J connectivity index is 3.76. The molecule has 56 valence electrons. The first-order valence-corrected chi connectivity index (χ1v) is 3.18. The van der Waals surface area contributed by atoms with Gasteiger partial charge >= 0.3 is 5.97 Å². The van der Waals surface area contributed by atoms with Crippen LogP contribution in [0.15, 0.2) is 0 Å². The first-order valence-electron chi connectivity index (χ1n) is 3.18. The van der Waals surface area contributed by atoms with Crippen LogP contribution in [0, 0.1) is 17.2 Å². The Labute approximate surface area is 60.6 Å². The van der Waals surface area contributed by atoms with Crippen LogP contribution < -0.4 is 0 Å². The number of rotatable bonds is 2. The summed E-state index contributed by atoms with van der Waals surface area (Å²) in [5.41, 5.74) is 0. The molecule has 0 aliphatic heterocycles. The molecule has 0 saturated carbocycles. The van der Waals surface area contributed by atoms with E-state index >= 15 is 0 Å². The maximum atomic E-state index is 10.7. The van der Waals surface area contributed by atoms with Gasteiger partial charge in [-0.15, -0.1) is 0 Å². The second-order valence-corrected chi connectivity index (χ2v) is 2.34. The van der Waals surface area contributed by atoms with Crippen molar-refractivity contribution in [3.05, 3.63) is 0 Å². The lowest BCUT2D eigenvalue weighted by Crippen LogP contribution is -2.17. The number of carbonyl (C=O) groups is 1. The normalized spacial score (nSPS) is 12.3. The average Bonchev–Trinajstić information content (AvgIpc) is 1.85. The highest BCUT2D eigenvalue weighted by atomic mass is 16.5. The number of hydrogen-bond donors (Lipinski definition) is 0. The molecule has 0 radical (unpaired) electrons. The first kappa shape index (κ1) is 8.96. The fraction of sp³-hybridized carbons (Fsp3) is 0.714. The van der Waals surface area contributed by atoms with E-state index in [0.717, 1.165) is 0 Å². The average molecular weight is 141 g/mol. The molecule has 0 aromatic carbocycles. The minimum Gasteiger partial charge on any atom is -0.462 e. The molecule has 0 aromatic rings. The summed E-state index contributed by atoms with van der Waals surface area (Å²) in [4.78, 5) is 10.7. The maximum absolute atomic E-state index is 10.7. The highest BCUT2D eigenvalue weighted by Gasteiger charge is 2.13. The summed E-state index contributed by atoms with van der Waals surface area (Å²) in [6.45, 7) is 5.02. The Morgan fingerprint density at radius 3 is 2.30 bits per heavy atom. The molecule has 0 spiro atoms. The summed E-state index contributed by atoms with van der Waals surface area (Å²) in [6.07, 6.45) is -0.136. The Hall–Kier alpha value is -1.04. The van der Waals surface area contributed by atoms with Crippen LogP contribution in [0.25, 0.3) is 0 Å². The van der Waals surface area contributed by atoms with Crippen LogP contribution in [-0.2, 0) is 9.53 Å².